The first-order valence-electron chi connectivity index (χ1n) is 9.43. The van der Waals surface area contributed by atoms with E-state index in [1.54, 1.807) is 0 Å². The fraction of sp³-hybridized carbons (Fsp3) is 0.350. The lowest BCUT2D eigenvalue weighted by molar-refractivity contribution is -0.137. The molecule has 1 N–H and O–H groups in total. The Balaban J connectivity index is 1.73. The standard InChI is InChI=1S/C20H22F3N3O3S/c1-2-25-11-13-26(14-12-25)30(28,29)16-9-7-15(8-10-16)24-19(27)17-5-3-4-6-18(17)20(21,22)23/h3-10H,2,11-14H2,1H3,(H,24,27). The van der Waals surface area contributed by atoms with E-state index in [0.717, 1.165) is 18.7 Å². The van der Waals surface area contributed by atoms with Gasteiger partial charge in [-0.3, -0.25) is 4.79 Å². The van der Waals surface area contributed by atoms with E-state index in [0.29, 0.717) is 26.2 Å². The number of nitrogens with zero attached hydrogens (tertiary/aromatic N) is 2. The zero-order valence-electron chi connectivity index (χ0n) is 16.3. The second kappa shape index (κ2) is 8.75. The van der Waals surface area contributed by atoms with Gasteiger partial charge in [-0.25, -0.2) is 8.42 Å². The number of sulfonamides is 1. The van der Waals surface area contributed by atoms with Crippen LogP contribution in [0.15, 0.2) is 53.4 Å². The maximum Gasteiger partial charge on any atom is 0.417 e. The number of hydrogen-bond donors (Lipinski definition) is 1. The molecular weight excluding hydrogens is 419 g/mol. The molecule has 2 aromatic rings. The zero-order chi connectivity index (χ0) is 21.9. The minimum atomic E-state index is -4.66. The van der Waals surface area contributed by atoms with Crippen LogP contribution in [0.2, 0.25) is 0 Å². The summed E-state index contributed by atoms with van der Waals surface area (Å²) in [5, 5.41) is 2.39. The summed E-state index contributed by atoms with van der Waals surface area (Å²) in [7, 11) is -3.67. The van der Waals surface area contributed by atoms with Crippen LogP contribution in [0.1, 0.15) is 22.8 Å². The fourth-order valence-electron chi connectivity index (χ4n) is 3.27. The van der Waals surface area contributed by atoms with E-state index in [-0.39, 0.29) is 10.6 Å². The number of likely N-dealkylation sites (N-methyl/N-ethyl adjacent to an activating group) is 1. The van der Waals surface area contributed by atoms with Gasteiger partial charge in [0.25, 0.3) is 5.91 Å². The van der Waals surface area contributed by atoms with Gasteiger partial charge in [0.15, 0.2) is 0 Å². The Labute approximate surface area is 173 Å². The van der Waals surface area contributed by atoms with Gasteiger partial charge in [-0.05, 0) is 42.9 Å². The number of alkyl halides is 3. The molecule has 10 heteroatoms. The first kappa shape index (κ1) is 22.3. The molecular formula is C20H22F3N3O3S. The summed E-state index contributed by atoms with van der Waals surface area (Å²) in [6.07, 6.45) is -4.66. The molecule has 0 aliphatic carbocycles. The summed E-state index contributed by atoms with van der Waals surface area (Å²) < 4.78 is 66.3. The summed E-state index contributed by atoms with van der Waals surface area (Å²) in [5.41, 5.74) is -1.34. The van der Waals surface area contributed by atoms with E-state index in [1.807, 2.05) is 6.92 Å². The lowest BCUT2D eigenvalue weighted by Gasteiger charge is -2.33. The predicted octanol–water partition coefficient (Wildman–Crippen LogP) is 3.28. The van der Waals surface area contributed by atoms with E-state index in [4.69, 9.17) is 0 Å². The van der Waals surface area contributed by atoms with Crippen LogP contribution < -0.4 is 5.32 Å². The van der Waals surface area contributed by atoms with Gasteiger partial charge in [-0.15, -0.1) is 0 Å². The predicted molar refractivity (Wildman–Crippen MR) is 107 cm³/mol. The van der Waals surface area contributed by atoms with Crippen molar-refractivity contribution in [2.24, 2.45) is 0 Å². The number of benzene rings is 2. The number of carbonyl (C=O) groups excluding carboxylic acids is 1. The van der Waals surface area contributed by atoms with Crippen molar-refractivity contribution >= 4 is 21.6 Å². The third-order valence-corrected chi connectivity index (χ3v) is 6.92. The Morgan fingerprint density at radius 3 is 2.17 bits per heavy atom. The van der Waals surface area contributed by atoms with Crippen molar-refractivity contribution in [2.75, 3.05) is 38.0 Å². The molecule has 1 fully saturated rings. The highest BCUT2D eigenvalue weighted by molar-refractivity contribution is 7.89. The number of anilines is 1. The zero-order valence-corrected chi connectivity index (χ0v) is 17.1. The van der Waals surface area contributed by atoms with Crippen molar-refractivity contribution in [1.82, 2.24) is 9.21 Å². The molecule has 2 aromatic carbocycles. The van der Waals surface area contributed by atoms with Crippen LogP contribution in [0.5, 0.6) is 0 Å². The number of hydrogen-bond acceptors (Lipinski definition) is 4. The smallest absolute Gasteiger partial charge is 0.322 e. The van der Waals surface area contributed by atoms with Gasteiger partial charge < -0.3 is 10.2 Å². The quantitative estimate of drug-likeness (QED) is 0.773. The molecule has 0 spiro atoms. The minimum absolute atomic E-state index is 0.0705. The van der Waals surface area contributed by atoms with Gasteiger partial charge in [0.05, 0.1) is 16.0 Å². The molecule has 6 nitrogen and oxygen atoms in total. The number of rotatable bonds is 5. The van der Waals surface area contributed by atoms with Crippen molar-refractivity contribution in [3.05, 3.63) is 59.7 Å². The van der Waals surface area contributed by atoms with Crippen LogP contribution in [0, 0.1) is 0 Å². The SMILES string of the molecule is CCN1CCN(S(=O)(=O)c2ccc(NC(=O)c3ccccc3C(F)(F)F)cc2)CC1. The molecule has 0 aromatic heterocycles. The van der Waals surface area contributed by atoms with E-state index < -0.39 is 33.2 Å². The fourth-order valence-corrected chi connectivity index (χ4v) is 4.69. The molecule has 1 saturated heterocycles. The first-order chi connectivity index (χ1) is 14.1. The molecule has 0 bridgehead atoms. The van der Waals surface area contributed by atoms with Crippen molar-refractivity contribution in [3.63, 3.8) is 0 Å². The number of piperazine rings is 1. The summed E-state index contributed by atoms with van der Waals surface area (Å²) in [5.74, 6) is -0.922. The van der Waals surface area contributed by atoms with Crippen LogP contribution >= 0.6 is 0 Å². The van der Waals surface area contributed by atoms with E-state index in [9.17, 15) is 26.4 Å². The molecule has 30 heavy (non-hydrogen) atoms. The van der Waals surface area contributed by atoms with Crippen LogP contribution in [0.25, 0.3) is 0 Å². The maximum absolute atomic E-state index is 13.1. The minimum Gasteiger partial charge on any atom is -0.322 e. The van der Waals surface area contributed by atoms with Gasteiger partial charge >= 0.3 is 6.18 Å². The van der Waals surface area contributed by atoms with Crippen molar-refractivity contribution in [2.45, 2.75) is 18.0 Å². The molecule has 3 rings (SSSR count). The highest BCUT2D eigenvalue weighted by Crippen LogP contribution is 2.32. The highest BCUT2D eigenvalue weighted by Gasteiger charge is 2.35. The molecule has 0 atom stereocenters. The first-order valence-corrected chi connectivity index (χ1v) is 10.9. The summed E-state index contributed by atoms with van der Waals surface area (Å²) in [4.78, 5) is 14.6. The third kappa shape index (κ3) is 4.82. The van der Waals surface area contributed by atoms with Crippen LogP contribution in [-0.4, -0.2) is 56.3 Å². The largest absolute Gasteiger partial charge is 0.417 e. The summed E-state index contributed by atoms with van der Waals surface area (Å²) in [6.45, 7) is 4.97. The van der Waals surface area contributed by atoms with Gasteiger partial charge in [0, 0.05) is 31.9 Å². The monoisotopic (exact) mass is 441 g/mol. The van der Waals surface area contributed by atoms with Crippen LogP contribution in [0.3, 0.4) is 0 Å². The molecule has 0 unspecified atom stereocenters. The van der Waals surface area contributed by atoms with Crippen molar-refractivity contribution in [3.8, 4) is 0 Å². The molecule has 1 heterocycles. The lowest BCUT2D eigenvalue weighted by Crippen LogP contribution is -2.48. The van der Waals surface area contributed by atoms with E-state index >= 15 is 0 Å². The van der Waals surface area contributed by atoms with Crippen molar-refractivity contribution < 1.29 is 26.4 Å². The molecule has 1 aliphatic rings. The Hall–Kier alpha value is -2.43. The second-order valence-electron chi connectivity index (χ2n) is 6.86. The topological polar surface area (TPSA) is 69.7 Å². The number of amides is 1. The lowest BCUT2D eigenvalue weighted by atomic mass is 10.1. The number of nitrogens with one attached hydrogen (secondary N) is 1. The van der Waals surface area contributed by atoms with E-state index in [2.05, 4.69) is 10.2 Å². The normalized spacial score (nSPS) is 16.4. The number of carbonyl (C=O) groups is 1. The molecule has 0 saturated carbocycles. The Bertz CT molecular complexity index is 1000. The average molecular weight is 441 g/mol. The Kier molecular flexibility index (Phi) is 6.49. The van der Waals surface area contributed by atoms with Crippen molar-refractivity contribution in [1.29, 1.82) is 0 Å². The van der Waals surface area contributed by atoms with Gasteiger partial charge in [0.1, 0.15) is 0 Å². The third-order valence-electron chi connectivity index (χ3n) is 5.01. The van der Waals surface area contributed by atoms with Gasteiger partial charge in [0.2, 0.25) is 10.0 Å². The summed E-state index contributed by atoms with van der Waals surface area (Å²) >= 11 is 0. The average Bonchev–Trinajstić information content (AvgIpc) is 2.73. The van der Waals surface area contributed by atoms with Gasteiger partial charge in [-0.1, -0.05) is 19.1 Å². The number of halogens is 3. The van der Waals surface area contributed by atoms with E-state index in [1.165, 1.54) is 40.7 Å². The second-order valence-corrected chi connectivity index (χ2v) is 8.80. The Morgan fingerprint density at radius 1 is 1.00 bits per heavy atom. The van der Waals surface area contributed by atoms with Crippen LogP contribution in [0.4, 0.5) is 18.9 Å². The summed E-state index contributed by atoms with van der Waals surface area (Å²) in [6, 6.07) is 9.89. The van der Waals surface area contributed by atoms with Crippen LogP contribution in [-0.2, 0) is 16.2 Å². The maximum atomic E-state index is 13.1. The molecule has 162 valence electrons. The molecule has 1 aliphatic heterocycles. The molecule has 0 radical (unpaired) electrons. The highest BCUT2D eigenvalue weighted by atomic mass is 32.2. The van der Waals surface area contributed by atoms with Gasteiger partial charge in [-0.2, -0.15) is 17.5 Å². The Morgan fingerprint density at radius 2 is 1.60 bits per heavy atom. The molecule has 1 amide bonds.